The lowest BCUT2D eigenvalue weighted by Crippen LogP contribution is -2.21. The highest BCUT2D eigenvalue weighted by atomic mass is 35.5. The predicted molar refractivity (Wildman–Crippen MR) is 71.2 cm³/mol. The van der Waals surface area contributed by atoms with Crippen molar-refractivity contribution in [3.8, 4) is 11.1 Å². The molecule has 1 aromatic heterocycles. The van der Waals surface area contributed by atoms with Crippen LogP contribution in [-0.2, 0) is 6.54 Å². The number of benzene rings is 1. The van der Waals surface area contributed by atoms with E-state index in [0.29, 0.717) is 17.4 Å². The SMILES string of the molecule is CCn1c(N)cc(-c2cccc(Cl)c2)cc1=O. The van der Waals surface area contributed by atoms with Gasteiger partial charge in [0.25, 0.3) is 5.56 Å². The Morgan fingerprint density at radius 3 is 2.59 bits per heavy atom. The van der Waals surface area contributed by atoms with Crippen LogP contribution in [0.3, 0.4) is 0 Å². The Morgan fingerprint density at radius 1 is 1.24 bits per heavy atom. The van der Waals surface area contributed by atoms with Crippen LogP contribution in [0.5, 0.6) is 0 Å². The molecule has 0 aliphatic heterocycles. The van der Waals surface area contributed by atoms with Crippen molar-refractivity contribution < 1.29 is 0 Å². The minimum absolute atomic E-state index is 0.0949. The zero-order chi connectivity index (χ0) is 12.4. The fourth-order valence-corrected chi connectivity index (χ4v) is 1.98. The van der Waals surface area contributed by atoms with E-state index < -0.39 is 0 Å². The van der Waals surface area contributed by atoms with E-state index >= 15 is 0 Å². The van der Waals surface area contributed by atoms with Crippen molar-refractivity contribution in [2.24, 2.45) is 0 Å². The van der Waals surface area contributed by atoms with Crippen LogP contribution in [0.25, 0.3) is 11.1 Å². The van der Waals surface area contributed by atoms with Gasteiger partial charge in [-0.15, -0.1) is 0 Å². The molecule has 0 aliphatic carbocycles. The molecule has 4 heteroatoms. The fraction of sp³-hybridized carbons (Fsp3) is 0.154. The lowest BCUT2D eigenvalue weighted by atomic mass is 10.1. The molecule has 0 aliphatic rings. The van der Waals surface area contributed by atoms with E-state index in [9.17, 15) is 4.79 Å². The van der Waals surface area contributed by atoms with E-state index in [1.165, 1.54) is 4.57 Å². The summed E-state index contributed by atoms with van der Waals surface area (Å²) in [5.41, 5.74) is 7.43. The average molecular weight is 249 g/mol. The first-order valence-corrected chi connectivity index (χ1v) is 5.76. The predicted octanol–water partition coefficient (Wildman–Crippen LogP) is 2.77. The summed E-state index contributed by atoms with van der Waals surface area (Å²) in [5, 5.41) is 0.640. The van der Waals surface area contributed by atoms with Crippen LogP contribution < -0.4 is 11.3 Å². The highest BCUT2D eigenvalue weighted by molar-refractivity contribution is 6.30. The molecule has 0 radical (unpaired) electrons. The molecule has 0 atom stereocenters. The van der Waals surface area contributed by atoms with Gasteiger partial charge in [-0.25, -0.2) is 0 Å². The molecule has 0 saturated heterocycles. The van der Waals surface area contributed by atoms with Gasteiger partial charge in [-0.2, -0.15) is 0 Å². The standard InChI is InChI=1S/C13H13ClN2O/c1-2-16-12(15)7-10(8-13(16)17)9-4-3-5-11(14)6-9/h3-8H,2,15H2,1H3. The number of nitrogens with zero attached hydrogens (tertiary/aromatic N) is 1. The van der Waals surface area contributed by atoms with Crippen molar-refractivity contribution in [3.05, 3.63) is 51.8 Å². The molecule has 0 bridgehead atoms. The molecule has 17 heavy (non-hydrogen) atoms. The molecule has 3 nitrogen and oxygen atoms in total. The zero-order valence-corrected chi connectivity index (χ0v) is 10.2. The monoisotopic (exact) mass is 248 g/mol. The van der Waals surface area contributed by atoms with Crippen molar-refractivity contribution in [1.29, 1.82) is 0 Å². The van der Waals surface area contributed by atoms with Crippen LogP contribution in [0, 0.1) is 0 Å². The lowest BCUT2D eigenvalue weighted by molar-refractivity contribution is 0.740. The topological polar surface area (TPSA) is 48.0 Å². The first-order valence-electron chi connectivity index (χ1n) is 5.38. The van der Waals surface area contributed by atoms with Crippen molar-refractivity contribution in [1.82, 2.24) is 4.57 Å². The van der Waals surface area contributed by atoms with Crippen LogP contribution in [0.4, 0.5) is 5.82 Å². The highest BCUT2D eigenvalue weighted by Crippen LogP contribution is 2.22. The molecule has 0 amide bonds. The number of nitrogen functional groups attached to an aromatic ring is 1. The minimum Gasteiger partial charge on any atom is -0.385 e. The smallest absolute Gasteiger partial charge is 0.252 e. The maximum Gasteiger partial charge on any atom is 0.252 e. The fourth-order valence-electron chi connectivity index (χ4n) is 1.79. The summed E-state index contributed by atoms with van der Waals surface area (Å²) in [6, 6.07) is 10.7. The molecule has 0 spiro atoms. The van der Waals surface area contributed by atoms with Gasteiger partial charge in [-0.3, -0.25) is 9.36 Å². The Hall–Kier alpha value is -1.74. The Bertz CT molecular complexity index is 605. The highest BCUT2D eigenvalue weighted by Gasteiger charge is 2.04. The van der Waals surface area contributed by atoms with E-state index in [-0.39, 0.29) is 5.56 Å². The molecule has 1 aromatic carbocycles. The molecule has 2 rings (SSSR count). The number of rotatable bonds is 2. The Balaban J connectivity index is 2.58. The molecular formula is C13H13ClN2O. The first kappa shape index (κ1) is 11.7. The molecule has 88 valence electrons. The third-order valence-electron chi connectivity index (χ3n) is 2.63. The molecule has 0 unspecified atom stereocenters. The number of aromatic nitrogens is 1. The van der Waals surface area contributed by atoms with E-state index in [1.54, 1.807) is 18.2 Å². The van der Waals surface area contributed by atoms with Crippen LogP contribution in [0.1, 0.15) is 6.92 Å². The van der Waals surface area contributed by atoms with E-state index in [2.05, 4.69) is 0 Å². The third-order valence-corrected chi connectivity index (χ3v) is 2.87. The van der Waals surface area contributed by atoms with E-state index in [4.69, 9.17) is 17.3 Å². The maximum atomic E-state index is 11.8. The van der Waals surface area contributed by atoms with Crippen molar-refractivity contribution in [2.45, 2.75) is 13.5 Å². The summed E-state index contributed by atoms with van der Waals surface area (Å²) in [5.74, 6) is 0.468. The Kier molecular flexibility index (Phi) is 3.20. The summed E-state index contributed by atoms with van der Waals surface area (Å²) < 4.78 is 1.52. The first-order chi connectivity index (χ1) is 8.11. The summed E-state index contributed by atoms with van der Waals surface area (Å²) in [7, 11) is 0. The van der Waals surface area contributed by atoms with Crippen LogP contribution in [0.15, 0.2) is 41.2 Å². The van der Waals surface area contributed by atoms with Gasteiger partial charge >= 0.3 is 0 Å². The number of anilines is 1. The number of pyridine rings is 1. The third kappa shape index (κ3) is 2.34. The van der Waals surface area contributed by atoms with E-state index in [1.807, 2.05) is 25.1 Å². The van der Waals surface area contributed by atoms with E-state index in [0.717, 1.165) is 11.1 Å². The number of hydrogen-bond donors (Lipinski definition) is 1. The number of hydrogen-bond acceptors (Lipinski definition) is 2. The van der Waals surface area contributed by atoms with Gasteiger partial charge in [0.1, 0.15) is 5.82 Å². The molecule has 0 fully saturated rings. The van der Waals surface area contributed by atoms with Crippen LogP contribution >= 0.6 is 11.6 Å². The van der Waals surface area contributed by atoms with Gasteiger partial charge in [-0.05, 0) is 36.2 Å². The van der Waals surface area contributed by atoms with Crippen LogP contribution in [0.2, 0.25) is 5.02 Å². The molecule has 1 heterocycles. The van der Waals surface area contributed by atoms with Crippen molar-refractivity contribution in [3.63, 3.8) is 0 Å². The molecule has 2 aromatic rings. The minimum atomic E-state index is -0.0949. The van der Waals surface area contributed by atoms with Gasteiger partial charge in [0.2, 0.25) is 0 Å². The Morgan fingerprint density at radius 2 is 2.00 bits per heavy atom. The lowest BCUT2D eigenvalue weighted by Gasteiger charge is -2.09. The molecular weight excluding hydrogens is 236 g/mol. The summed E-state index contributed by atoms with van der Waals surface area (Å²) in [4.78, 5) is 11.8. The van der Waals surface area contributed by atoms with Gasteiger partial charge in [0.15, 0.2) is 0 Å². The van der Waals surface area contributed by atoms with Gasteiger partial charge in [0.05, 0.1) is 0 Å². The van der Waals surface area contributed by atoms with Crippen molar-refractivity contribution in [2.75, 3.05) is 5.73 Å². The van der Waals surface area contributed by atoms with Gasteiger partial charge < -0.3 is 5.73 Å². The molecule has 2 N–H and O–H groups in total. The normalized spacial score (nSPS) is 10.5. The Labute approximate surface area is 104 Å². The quantitative estimate of drug-likeness (QED) is 0.888. The maximum absolute atomic E-state index is 11.8. The van der Waals surface area contributed by atoms with Crippen LogP contribution in [-0.4, -0.2) is 4.57 Å². The van der Waals surface area contributed by atoms with Gasteiger partial charge in [-0.1, -0.05) is 23.7 Å². The van der Waals surface area contributed by atoms with Gasteiger partial charge in [0, 0.05) is 17.6 Å². The summed E-state index contributed by atoms with van der Waals surface area (Å²) >= 11 is 5.92. The number of halogens is 1. The van der Waals surface area contributed by atoms with Crippen molar-refractivity contribution >= 4 is 17.4 Å². The second-order valence-electron chi connectivity index (χ2n) is 3.76. The largest absolute Gasteiger partial charge is 0.385 e. The average Bonchev–Trinajstić information content (AvgIpc) is 2.28. The second kappa shape index (κ2) is 4.63. The molecule has 0 saturated carbocycles. The zero-order valence-electron chi connectivity index (χ0n) is 9.48. The number of nitrogens with two attached hydrogens (primary N) is 1. The summed E-state index contributed by atoms with van der Waals surface area (Å²) in [6.45, 7) is 2.46. The second-order valence-corrected chi connectivity index (χ2v) is 4.20. The summed E-state index contributed by atoms with van der Waals surface area (Å²) in [6.07, 6.45) is 0.